The van der Waals surface area contributed by atoms with E-state index in [-0.39, 0.29) is 23.3 Å². The van der Waals surface area contributed by atoms with Crippen LogP contribution < -0.4 is 5.32 Å². The lowest BCUT2D eigenvalue weighted by atomic mass is 10.1. The number of rotatable bonds is 7. The highest BCUT2D eigenvalue weighted by molar-refractivity contribution is 7.99. The van der Waals surface area contributed by atoms with Crippen LogP contribution in [-0.2, 0) is 4.79 Å². The van der Waals surface area contributed by atoms with Crippen molar-refractivity contribution in [3.8, 4) is 17.1 Å². The number of carbonyl (C=O) groups excluding carboxylic acids is 2. The third-order valence-electron chi connectivity index (χ3n) is 4.64. The number of Topliss-reactive ketones (excluding diaryl/α,β-unsaturated/α-hetero) is 1. The van der Waals surface area contributed by atoms with Gasteiger partial charge in [0.05, 0.1) is 5.75 Å². The van der Waals surface area contributed by atoms with E-state index in [1.54, 1.807) is 41.0 Å². The zero-order chi connectivity index (χ0) is 22.5. The molecule has 1 N–H and O–H groups in total. The van der Waals surface area contributed by atoms with Gasteiger partial charge in [-0.3, -0.25) is 14.2 Å². The maximum Gasteiger partial charge on any atom is 0.234 e. The van der Waals surface area contributed by atoms with E-state index in [0.717, 1.165) is 5.56 Å². The number of hydrogen-bond acceptors (Lipinski definition) is 5. The van der Waals surface area contributed by atoms with E-state index >= 15 is 0 Å². The fraction of sp³-hybridized carbons (Fsp3) is 0.0833. The van der Waals surface area contributed by atoms with Crippen molar-refractivity contribution in [2.24, 2.45) is 0 Å². The largest absolute Gasteiger partial charge is 0.325 e. The number of nitrogens with one attached hydrogen (secondary N) is 1. The molecule has 0 bridgehead atoms. The molecular formula is C24H19FN4O2S. The Kier molecular flexibility index (Phi) is 6.42. The van der Waals surface area contributed by atoms with E-state index in [4.69, 9.17) is 0 Å². The van der Waals surface area contributed by atoms with Gasteiger partial charge in [0, 0.05) is 22.5 Å². The highest BCUT2D eigenvalue weighted by atomic mass is 32.2. The second kappa shape index (κ2) is 9.57. The highest BCUT2D eigenvalue weighted by Crippen LogP contribution is 2.28. The van der Waals surface area contributed by atoms with Gasteiger partial charge in [0.2, 0.25) is 5.91 Å². The Morgan fingerprint density at radius 2 is 1.72 bits per heavy atom. The second-order valence-corrected chi connectivity index (χ2v) is 7.90. The molecule has 1 aromatic heterocycles. The molecule has 0 aliphatic rings. The van der Waals surface area contributed by atoms with Crippen LogP contribution in [0.2, 0.25) is 0 Å². The highest BCUT2D eigenvalue weighted by Gasteiger charge is 2.17. The Balaban J connectivity index is 1.56. The molecule has 0 aliphatic heterocycles. The van der Waals surface area contributed by atoms with E-state index in [0.29, 0.717) is 27.9 Å². The minimum atomic E-state index is -0.343. The lowest BCUT2D eigenvalue weighted by Gasteiger charge is -2.11. The van der Waals surface area contributed by atoms with Crippen molar-refractivity contribution in [3.05, 3.63) is 90.2 Å². The molecule has 0 atom stereocenters. The van der Waals surface area contributed by atoms with E-state index in [2.05, 4.69) is 15.5 Å². The summed E-state index contributed by atoms with van der Waals surface area (Å²) in [7, 11) is 0. The second-order valence-electron chi connectivity index (χ2n) is 6.96. The Morgan fingerprint density at radius 1 is 0.969 bits per heavy atom. The fourth-order valence-electron chi connectivity index (χ4n) is 3.10. The fourth-order valence-corrected chi connectivity index (χ4v) is 3.86. The predicted octanol–water partition coefficient (Wildman–Crippen LogP) is 5.01. The average Bonchev–Trinajstić information content (AvgIpc) is 3.23. The Bertz CT molecular complexity index is 1260. The molecule has 160 valence electrons. The van der Waals surface area contributed by atoms with Gasteiger partial charge in [-0.25, -0.2) is 4.39 Å². The monoisotopic (exact) mass is 446 g/mol. The zero-order valence-electron chi connectivity index (χ0n) is 17.2. The van der Waals surface area contributed by atoms with Crippen LogP contribution in [0.25, 0.3) is 17.1 Å². The number of carbonyl (C=O) groups is 2. The molecule has 0 aliphatic carbocycles. The summed E-state index contributed by atoms with van der Waals surface area (Å²) in [4.78, 5) is 24.1. The molecule has 4 rings (SSSR count). The van der Waals surface area contributed by atoms with Gasteiger partial charge in [-0.15, -0.1) is 10.2 Å². The van der Waals surface area contributed by atoms with Crippen LogP contribution in [-0.4, -0.2) is 32.2 Å². The van der Waals surface area contributed by atoms with Crippen LogP contribution in [0, 0.1) is 5.82 Å². The molecule has 0 spiro atoms. The molecule has 4 aromatic rings. The van der Waals surface area contributed by atoms with Crippen molar-refractivity contribution in [3.63, 3.8) is 0 Å². The van der Waals surface area contributed by atoms with Crippen molar-refractivity contribution in [2.45, 2.75) is 12.1 Å². The molecule has 0 saturated heterocycles. The van der Waals surface area contributed by atoms with Gasteiger partial charge in [0.15, 0.2) is 16.8 Å². The number of benzene rings is 3. The molecule has 6 nitrogen and oxygen atoms in total. The predicted molar refractivity (Wildman–Crippen MR) is 123 cm³/mol. The van der Waals surface area contributed by atoms with Gasteiger partial charge in [0.25, 0.3) is 0 Å². The van der Waals surface area contributed by atoms with Crippen LogP contribution in [0.3, 0.4) is 0 Å². The van der Waals surface area contributed by atoms with Crippen molar-refractivity contribution in [1.82, 2.24) is 14.8 Å². The Labute approximate surface area is 188 Å². The van der Waals surface area contributed by atoms with Gasteiger partial charge in [-0.05, 0) is 43.3 Å². The molecule has 8 heteroatoms. The topological polar surface area (TPSA) is 76.9 Å². The number of hydrogen-bond donors (Lipinski definition) is 1. The first kappa shape index (κ1) is 21.5. The number of amides is 1. The third kappa shape index (κ3) is 4.92. The van der Waals surface area contributed by atoms with Crippen LogP contribution in [0.15, 0.2) is 84.0 Å². The molecule has 0 unspecified atom stereocenters. The molecular weight excluding hydrogens is 427 g/mol. The quantitative estimate of drug-likeness (QED) is 0.319. The van der Waals surface area contributed by atoms with E-state index < -0.39 is 0 Å². The molecule has 1 amide bonds. The summed E-state index contributed by atoms with van der Waals surface area (Å²) >= 11 is 1.22. The maximum absolute atomic E-state index is 13.5. The van der Waals surface area contributed by atoms with Gasteiger partial charge >= 0.3 is 0 Å². The van der Waals surface area contributed by atoms with Gasteiger partial charge < -0.3 is 5.32 Å². The Hall–Kier alpha value is -3.78. The molecule has 0 fully saturated rings. The smallest absolute Gasteiger partial charge is 0.234 e. The van der Waals surface area contributed by atoms with E-state index in [1.807, 2.05) is 30.3 Å². The van der Waals surface area contributed by atoms with Crippen LogP contribution in [0.5, 0.6) is 0 Å². The van der Waals surface area contributed by atoms with Gasteiger partial charge in [-0.2, -0.15) is 0 Å². The van der Waals surface area contributed by atoms with E-state index in [9.17, 15) is 14.0 Å². The summed E-state index contributed by atoms with van der Waals surface area (Å²) in [5.41, 5.74) is 2.61. The summed E-state index contributed by atoms with van der Waals surface area (Å²) in [6, 6.07) is 22.3. The van der Waals surface area contributed by atoms with Crippen molar-refractivity contribution >= 4 is 29.1 Å². The molecule has 3 aromatic carbocycles. The first-order valence-electron chi connectivity index (χ1n) is 9.82. The average molecular weight is 447 g/mol. The van der Waals surface area contributed by atoms with Crippen molar-refractivity contribution < 1.29 is 14.0 Å². The molecule has 0 radical (unpaired) electrons. The summed E-state index contributed by atoms with van der Waals surface area (Å²) in [6.45, 7) is 1.48. The Morgan fingerprint density at radius 3 is 2.44 bits per heavy atom. The first-order chi connectivity index (χ1) is 15.5. The normalized spacial score (nSPS) is 10.7. The lowest BCUT2D eigenvalue weighted by Crippen LogP contribution is -2.15. The summed E-state index contributed by atoms with van der Waals surface area (Å²) in [6.07, 6.45) is 0. The summed E-state index contributed by atoms with van der Waals surface area (Å²) < 4.78 is 15.3. The molecule has 0 saturated carbocycles. The van der Waals surface area contributed by atoms with Crippen LogP contribution >= 0.6 is 11.8 Å². The number of thioether (sulfide) groups is 1. The molecule has 32 heavy (non-hydrogen) atoms. The first-order valence-corrected chi connectivity index (χ1v) is 10.8. The minimum absolute atomic E-state index is 0.0729. The van der Waals surface area contributed by atoms with E-state index in [1.165, 1.54) is 30.8 Å². The van der Waals surface area contributed by atoms with Crippen molar-refractivity contribution in [2.75, 3.05) is 11.1 Å². The zero-order valence-corrected chi connectivity index (χ0v) is 18.0. The number of nitrogens with zero attached hydrogens (tertiary/aromatic N) is 3. The number of halogens is 1. The minimum Gasteiger partial charge on any atom is -0.325 e. The molecule has 1 heterocycles. The number of aromatic nitrogens is 3. The summed E-state index contributed by atoms with van der Waals surface area (Å²) in [5.74, 6) is 0.0129. The summed E-state index contributed by atoms with van der Waals surface area (Å²) in [5, 5.41) is 11.9. The lowest BCUT2D eigenvalue weighted by molar-refractivity contribution is -0.113. The van der Waals surface area contributed by atoms with Crippen LogP contribution in [0.4, 0.5) is 10.1 Å². The third-order valence-corrected chi connectivity index (χ3v) is 5.56. The SMILES string of the molecule is CC(=O)c1cccc(NC(=O)CSc2nnc(-c3ccccc3)n2-c2ccc(F)cc2)c1. The number of anilines is 1. The van der Waals surface area contributed by atoms with Gasteiger partial charge in [-0.1, -0.05) is 54.2 Å². The van der Waals surface area contributed by atoms with Gasteiger partial charge in [0.1, 0.15) is 5.82 Å². The van der Waals surface area contributed by atoms with Crippen molar-refractivity contribution in [1.29, 1.82) is 0 Å². The van der Waals surface area contributed by atoms with Crippen LogP contribution in [0.1, 0.15) is 17.3 Å². The maximum atomic E-state index is 13.5. The number of ketones is 1. The standard InChI is InChI=1S/C24H19FN4O2S/c1-16(30)18-8-5-9-20(14-18)26-22(31)15-32-24-28-27-23(17-6-3-2-4-7-17)29(24)21-12-10-19(25)11-13-21/h2-14H,15H2,1H3,(H,26,31).